The molecule has 0 aromatic heterocycles. The third-order valence-electron chi connectivity index (χ3n) is 11.6. The van der Waals surface area contributed by atoms with Gasteiger partial charge in [-0.15, -0.1) is 0 Å². The molecule has 358 valence electrons. The lowest BCUT2D eigenvalue weighted by atomic mass is 9.92. The van der Waals surface area contributed by atoms with E-state index in [0.717, 1.165) is 64.2 Å². The molecule has 2 amide bonds. The van der Waals surface area contributed by atoms with Gasteiger partial charge in [-0.05, 0) is 97.7 Å². The van der Waals surface area contributed by atoms with Crippen LogP contribution in [0.25, 0.3) is 0 Å². The zero-order valence-electron chi connectivity index (χ0n) is 40.1. The highest BCUT2D eigenvalue weighted by molar-refractivity contribution is 5.91. The molecule has 61 heavy (non-hydrogen) atoms. The molecule has 0 spiro atoms. The topological polar surface area (TPSA) is 205 Å². The van der Waals surface area contributed by atoms with Gasteiger partial charge < -0.3 is 27.8 Å². The number of carbonyl (C=O) groups is 6. The minimum absolute atomic E-state index is 0.0398. The first kappa shape index (κ1) is 60.6. The Morgan fingerprint density at radius 1 is 0.393 bits per heavy atom. The summed E-state index contributed by atoms with van der Waals surface area (Å²) in [6, 6.07) is -0.936. The predicted octanol–water partition coefficient (Wildman–Crippen LogP) is 10.1. The number of ketones is 4. The normalized spacial score (nSPS) is 12.5. The van der Waals surface area contributed by atoms with E-state index in [0.29, 0.717) is 51.7 Å². The van der Waals surface area contributed by atoms with Gasteiger partial charge in [0.05, 0.1) is 12.1 Å². The van der Waals surface area contributed by atoms with Gasteiger partial charge in [0.2, 0.25) is 11.8 Å². The Morgan fingerprint density at radius 2 is 0.754 bits per heavy atom. The van der Waals surface area contributed by atoms with Crippen molar-refractivity contribution in [2.24, 2.45) is 23.1 Å². The Balaban J connectivity index is 0. The number of carbonyl (C=O) groups excluding carboxylic acids is 6. The maximum atomic E-state index is 12.9. The van der Waals surface area contributed by atoms with E-state index in [1.165, 1.54) is 117 Å². The van der Waals surface area contributed by atoms with Crippen LogP contribution >= 0.6 is 0 Å². The van der Waals surface area contributed by atoms with Gasteiger partial charge in [-0.1, -0.05) is 136 Å². The summed E-state index contributed by atoms with van der Waals surface area (Å²) in [6.45, 7) is 9.22. The minimum Gasteiger partial charge on any atom is -0.346 e. The number of hydrogen-bond donors (Lipinski definition) is 5. The smallest absolute Gasteiger partial charge is 0.224 e. The van der Waals surface area contributed by atoms with Gasteiger partial charge in [-0.2, -0.15) is 0 Å². The molecule has 0 saturated heterocycles. The summed E-state index contributed by atoms with van der Waals surface area (Å²) in [6.07, 6.45) is 33.5. The van der Waals surface area contributed by atoms with Crippen molar-refractivity contribution in [3.8, 4) is 0 Å². The van der Waals surface area contributed by atoms with Gasteiger partial charge >= 0.3 is 0 Å². The van der Waals surface area contributed by atoms with Crippen molar-refractivity contribution in [2.75, 3.05) is 19.6 Å². The highest BCUT2D eigenvalue weighted by atomic mass is 16.2. The Labute approximate surface area is 374 Å². The SMILES string of the molecule is CCCCCCCCCCCCC(=O)CC(CCCCN)C(=O)NC(CCCCN)C(C)=O.CCCCCCCCCCCCC(=O)CCC(=O)NC(CCCCN)C(C)=O. The van der Waals surface area contributed by atoms with Crippen LogP contribution in [-0.2, 0) is 28.8 Å². The lowest BCUT2D eigenvalue weighted by Crippen LogP contribution is -2.43. The van der Waals surface area contributed by atoms with Gasteiger partial charge in [-0.3, -0.25) is 28.8 Å². The molecule has 8 N–H and O–H groups in total. The number of Topliss-reactive ketones (excluding diaryl/α,β-unsaturated/α-hetero) is 4. The lowest BCUT2D eigenvalue weighted by Gasteiger charge is -2.21. The van der Waals surface area contributed by atoms with E-state index in [9.17, 15) is 28.8 Å². The van der Waals surface area contributed by atoms with Crippen LogP contribution < -0.4 is 27.8 Å². The van der Waals surface area contributed by atoms with Crippen molar-refractivity contribution < 1.29 is 28.8 Å². The minimum atomic E-state index is -0.488. The second-order valence-electron chi connectivity index (χ2n) is 17.6. The monoisotopic (exact) mass is 864 g/mol. The molecule has 0 fully saturated rings. The fraction of sp³-hybridized carbons (Fsp3) is 0.880. The number of amides is 2. The Bertz CT molecular complexity index is 1100. The molecular weight excluding hydrogens is 767 g/mol. The summed E-state index contributed by atoms with van der Waals surface area (Å²) in [4.78, 5) is 73.0. The molecule has 3 unspecified atom stereocenters. The van der Waals surface area contributed by atoms with Crippen LogP contribution in [0.1, 0.15) is 246 Å². The molecule has 11 nitrogen and oxygen atoms in total. The molecule has 0 radical (unpaired) electrons. The summed E-state index contributed by atoms with van der Waals surface area (Å²) >= 11 is 0. The molecule has 0 rings (SSSR count). The molecule has 0 aliphatic rings. The van der Waals surface area contributed by atoms with Crippen LogP contribution in [0.3, 0.4) is 0 Å². The first-order valence-corrected chi connectivity index (χ1v) is 25.2. The van der Waals surface area contributed by atoms with Crippen LogP contribution in [0.5, 0.6) is 0 Å². The predicted molar refractivity (Wildman–Crippen MR) is 254 cm³/mol. The molecule has 0 aliphatic carbocycles. The zero-order valence-corrected chi connectivity index (χ0v) is 40.1. The van der Waals surface area contributed by atoms with Crippen LogP contribution in [0.4, 0.5) is 0 Å². The quantitative estimate of drug-likeness (QED) is 0.0369. The molecule has 0 aliphatic heterocycles. The van der Waals surface area contributed by atoms with Crippen molar-refractivity contribution in [3.05, 3.63) is 0 Å². The van der Waals surface area contributed by atoms with Gasteiger partial charge in [-0.25, -0.2) is 0 Å². The third-order valence-corrected chi connectivity index (χ3v) is 11.6. The van der Waals surface area contributed by atoms with E-state index >= 15 is 0 Å². The van der Waals surface area contributed by atoms with E-state index < -0.39 is 12.1 Å². The average molecular weight is 864 g/mol. The standard InChI is InChI=1S/C27H53N3O3.C23H44N2O3/c1-3-4-5-6-7-8-9-10-11-12-18-25(32)22-24(17-13-15-20-28)27(33)30-26(23(2)31)19-14-16-21-29;1-3-4-5-6-7-8-9-10-11-12-15-21(27)17-18-23(28)25-22(20(2)26)16-13-14-19-24/h24,26H,3-22,28-29H2,1-2H3,(H,30,33);22H,3-19,24H2,1-2H3,(H,25,28). The highest BCUT2D eigenvalue weighted by Crippen LogP contribution is 2.18. The fourth-order valence-corrected chi connectivity index (χ4v) is 7.53. The van der Waals surface area contributed by atoms with Crippen LogP contribution in [-0.4, -0.2) is 66.7 Å². The van der Waals surface area contributed by atoms with Gasteiger partial charge in [0.1, 0.15) is 11.6 Å². The van der Waals surface area contributed by atoms with Crippen LogP contribution in [0.2, 0.25) is 0 Å². The number of unbranched alkanes of at least 4 members (excludes halogenated alkanes) is 21. The zero-order chi connectivity index (χ0) is 45.8. The van der Waals surface area contributed by atoms with E-state index in [-0.39, 0.29) is 60.1 Å². The fourth-order valence-electron chi connectivity index (χ4n) is 7.53. The van der Waals surface area contributed by atoms with E-state index in [4.69, 9.17) is 17.2 Å². The van der Waals surface area contributed by atoms with Crippen molar-refractivity contribution in [3.63, 3.8) is 0 Å². The first-order valence-electron chi connectivity index (χ1n) is 25.2. The molecule has 3 atom stereocenters. The summed E-state index contributed by atoms with van der Waals surface area (Å²) in [5, 5.41) is 5.66. The van der Waals surface area contributed by atoms with Gasteiger partial charge in [0.15, 0.2) is 11.6 Å². The molecular formula is C50H97N5O6. The first-order chi connectivity index (χ1) is 29.5. The molecule has 0 aromatic carbocycles. The largest absolute Gasteiger partial charge is 0.346 e. The Morgan fingerprint density at radius 3 is 1.15 bits per heavy atom. The second-order valence-corrected chi connectivity index (χ2v) is 17.6. The second kappa shape index (κ2) is 45.5. The molecule has 0 heterocycles. The lowest BCUT2D eigenvalue weighted by molar-refractivity contribution is -0.132. The number of nitrogens with two attached hydrogens (primary N) is 3. The summed E-state index contributed by atoms with van der Waals surface area (Å²) in [5.74, 6) is -0.522. The number of hydrogen-bond acceptors (Lipinski definition) is 9. The molecule has 11 heteroatoms. The van der Waals surface area contributed by atoms with Crippen molar-refractivity contribution in [1.29, 1.82) is 0 Å². The molecule has 0 aromatic rings. The highest BCUT2D eigenvalue weighted by Gasteiger charge is 2.25. The van der Waals surface area contributed by atoms with Gasteiger partial charge in [0, 0.05) is 38.0 Å². The maximum Gasteiger partial charge on any atom is 0.224 e. The van der Waals surface area contributed by atoms with E-state index in [1.807, 2.05) is 0 Å². The van der Waals surface area contributed by atoms with Crippen molar-refractivity contribution in [2.45, 2.75) is 258 Å². The van der Waals surface area contributed by atoms with Crippen molar-refractivity contribution >= 4 is 34.9 Å². The van der Waals surface area contributed by atoms with E-state index in [1.54, 1.807) is 0 Å². The average Bonchev–Trinajstić information content (AvgIpc) is 3.23. The maximum absolute atomic E-state index is 12.9. The molecule has 0 bridgehead atoms. The van der Waals surface area contributed by atoms with Crippen LogP contribution in [0.15, 0.2) is 0 Å². The number of rotatable bonds is 44. The van der Waals surface area contributed by atoms with Crippen molar-refractivity contribution in [1.82, 2.24) is 10.6 Å². The summed E-state index contributed by atoms with van der Waals surface area (Å²) in [5.41, 5.74) is 16.6. The van der Waals surface area contributed by atoms with Crippen LogP contribution in [0, 0.1) is 5.92 Å². The Kier molecular flexibility index (Phi) is 45.2. The summed E-state index contributed by atoms with van der Waals surface area (Å²) < 4.78 is 0. The third kappa shape index (κ3) is 41.3. The Hall–Kier alpha value is -2.50. The molecule has 0 saturated carbocycles. The summed E-state index contributed by atoms with van der Waals surface area (Å²) in [7, 11) is 0. The van der Waals surface area contributed by atoms with Gasteiger partial charge in [0.25, 0.3) is 0 Å². The number of nitrogens with one attached hydrogen (secondary N) is 2. The van der Waals surface area contributed by atoms with E-state index in [2.05, 4.69) is 24.5 Å².